The quantitative estimate of drug-likeness (QED) is 0.0261. The fraction of sp³-hybridized carbons (Fsp3) is 0.883. The van der Waals surface area contributed by atoms with Crippen LogP contribution in [0.3, 0.4) is 0 Å². The Morgan fingerprint density at radius 3 is 0.675 bits per heavy atom. The molecule has 0 aromatic heterocycles. The van der Waals surface area contributed by atoms with E-state index in [0.717, 1.165) is 64.2 Å². The van der Waals surface area contributed by atoms with Crippen molar-refractivity contribution < 1.29 is 28.6 Å². The van der Waals surface area contributed by atoms with E-state index < -0.39 is 6.10 Å². The Hall–Kier alpha value is -2.37. The fourth-order valence-electron chi connectivity index (χ4n) is 11.5. The molecule has 0 spiro atoms. The average molecular weight is 1170 g/mol. The first-order valence-corrected chi connectivity index (χ1v) is 37.5. The number of unbranched alkanes of at least 4 members (excludes halogenated alkanes) is 53. The van der Waals surface area contributed by atoms with E-state index in [1.165, 1.54) is 315 Å². The number of rotatable bonds is 70. The van der Waals surface area contributed by atoms with Gasteiger partial charge in [-0.15, -0.1) is 0 Å². The lowest BCUT2D eigenvalue weighted by Crippen LogP contribution is -2.30. The van der Waals surface area contributed by atoms with E-state index in [-0.39, 0.29) is 31.1 Å². The lowest BCUT2D eigenvalue weighted by Gasteiger charge is -2.18. The highest BCUT2D eigenvalue weighted by atomic mass is 16.6. The minimum absolute atomic E-state index is 0.0690. The summed E-state index contributed by atoms with van der Waals surface area (Å²) in [4.78, 5) is 38.5. The molecule has 6 heteroatoms. The second-order valence-corrected chi connectivity index (χ2v) is 25.6. The highest BCUT2D eigenvalue weighted by Gasteiger charge is 2.20. The van der Waals surface area contributed by atoms with Crippen molar-refractivity contribution in [1.82, 2.24) is 0 Å². The number of allylic oxidation sites excluding steroid dienone is 6. The molecule has 0 aromatic rings. The lowest BCUT2D eigenvalue weighted by atomic mass is 10.0. The minimum Gasteiger partial charge on any atom is -0.462 e. The number of ether oxygens (including phenoxy) is 3. The van der Waals surface area contributed by atoms with Crippen LogP contribution in [0.25, 0.3) is 0 Å². The molecule has 1 unspecified atom stereocenters. The van der Waals surface area contributed by atoms with Gasteiger partial charge in [-0.25, -0.2) is 0 Å². The van der Waals surface area contributed by atoms with Gasteiger partial charge in [-0.2, -0.15) is 0 Å². The summed E-state index contributed by atoms with van der Waals surface area (Å²) < 4.78 is 17.0. The molecular formula is C77H144O6. The third-order valence-corrected chi connectivity index (χ3v) is 17.1. The molecule has 0 aliphatic rings. The van der Waals surface area contributed by atoms with Crippen LogP contribution in [-0.2, 0) is 28.6 Å². The van der Waals surface area contributed by atoms with E-state index in [2.05, 4.69) is 57.2 Å². The van der Waals surface area contributed by atoms with E-state index in [9.17, 15) is 14.4 Å². The molecule has 83 heavy (non-hydrogen) atoms. The third-order valence-electron chi connectivity index (χ3n) is 17.1. The Bertz CT molecular complexity index is 1380. The zero-order chi connectivity index (χ0) is 59.9. The van der Waals surface area contributed by atoms with Crippen molar-refractivity contribution in [3.05, 3.63) is 36.5 Å². The van der Waals surface area contributed by atoms with Crippen molar-refractivity contribution in [2.24, 2.45) is 0 Å². The van der Waals surface area contributed by atoms with Gasteiger partial charge >= 0.3 is 17.9 Å². The van der Waals surface area contributed by atoms with Crippen molar-refractivity contribution in [1.29, 1.82) is 0 Å². The van der Waals surface area contributed by atoms with E-state index in [1.54, 1.807) is 0 Å². The van der Waals surface area contributed by atoms with Crippen molar-refractivity contribution in [2.45, 2.75) is 425 Å². The van der Waals surface area contributed by atoms with Gasteiger partial charge in [0.1, 0.15) is 13.2 Å². The molecule has 0 fully saturated rings. The number of hydrogen-bond donors (Lipinski definition) is 0. The minimum atomic E-state index is -0.775. The summed E-state index contributed by atoms with van der Waals surface area (Å²) in [6.07, 6.45) is 90.4. The summed E-state index contributed by atoms with van der Waals surface area (Å²) in [6, 6.07) is 0. The van der Waals surface area contributed by atoms with Crippen LogP contribution in [0.4, 0.5) is 0 Å². The Labute approximate surface area is 518 Å². The molecule has 1 atom stereocenters. The van der Waals surface area contributed by atoms with Crippen LogP contribution in [0.15, 0.2) is 36.5 Å². The summed E-state index contributed by atoms with van der Waals surface area (Å²) in [5.41, 5.74) is 0. The van der Waals surface area contributed by atoms with Gasteiger partial charge in [0, 0.05) is 19.3 Å². The molecular weight excluding hydrogens is 1020 g/mol. The highest BCUT2D eigenvalue weighted by Crippen LogP contribution is 2.19. The van der Waals surface area contributed by atoms with Gasteiger partial charge in [0.2, 0.25) is 0 Å². The van der Waals surface area contributed by atoms with Gasteiger partial charge in [0.15, 0.2) is 6.10 Å². The first-order chi connectivity index (χ1) is 41.0. The summed E-state index contributed by atoms with van der Waals surface area (Å²) in [5, 5.41) is 0. The Morgan fingerprint density at radius 1 is 0.241 bits per heavy atom. The maximum Gasteiger partial charge on any atom is 0.306 e. The largest absolute Gasteiger partial charge is 0.462 e. The molecule has 0 aliphatic carbocycles. The van der Waals surface area contributed by atoms with Crippen molar-refractivity contribution in [3.63, 3.8) is 0 Å². The van der Waals surface area contributed by atoms with Crippen LogP contribution < -0.4 is 0 Å². The van der Waals surface area contributed by atoms with Gasteiger partial charge in [-0.3, -0.25) is 14.4 Å². The second-order valence-electron chi connectivity index (χ2n) is 25.6. The van der Waals surface area contributed by atoms with Crippen molar-refractivity contribution in [2.75, 3.05) is 13.2 Å². The molecule has 0 rings (SSSR count). The number of carbonyl (C=O) groups excluding carboxylic acids is 3. The molecule has 0 amide bonds. The summed E-state index contributed by atoms with van der Waals surface area (Å²) in [7, 11) is 0. The monoisotopic (exact) mass is 1170 g/mol. The Morgan fingerprint density at radius 2 is 0.434 bits per heavy atom. The van der Waals surface area contributed by atoms with Crippen LogP contribution in [0.5, 0.6) is 0 Å². The van der Waals surface area contributed by atoms with Crippen LogP contribution in [0.1, 0.15) is 419 Å². The van der Waals surface area contributed by atoms with Crippen LogP contribution >= 0.6 is 0 Å². The second kappa shape index (κ2) is 72.1. The van der Waals surface area contributed by atoms with E-state index in [4.69, 9.17) is 14.2 Å². The number of esters is 3. The molecule has 0 heterocycles. The third kappa shape index (κ3) is 70.3. The van der Waals surface area contributed by atoms with Crippen LogP contribution in [0, 0.1) is 0 Å². The smallest absolute Gasteiger partial charge is 0.306 e. The highest BCUT2D eigenvalue weighted by molar-refractivity contribution is 5.71. The summed E-state index contributed by atoms with van der Waals surface area (Å²) in [6.45, 7) is 6.71. The maximum absolute atomic E-state index is 13.0. The van der Waals surface area contributed by atoms with Gasteiger partial charge in [0.25, 0.3) is 0 Å². The molecule has 0 bridgehead atoms. The topological polar surface area (TPSA) is 78.9 Å². The summed E-state index contributed by atoms with van der Waals surface area (Å²) >= 11 is 0. The first-order valence-electron chi connectivity index (χ1n) is 37.5. The molecule has 0 aromatic carbocycles. The predicted octanol–water partition coefficient (Wildman–Crippen LogP) is 25.9. The number of hydrogen-bond acceptors (Lipinski definition) is 6. The van der Waals surface area contributed by atoms with Crippen molar-refractivity contribution in [3.8, 4) is 0 Å². The summed E-state index contributed by atoms with van der Waals surface area (Å²) in [5.74, 6) is -0.843. The van der Waals surface area contributed by atoms with E-state index in [1.807, 2.05) is 0 Å². The molecule has 0 saturated heterocycles. The molecule has 6 nitrogen and oxygen atoms in total. The molecule has 0 radical (unpaired) electrons. The van der Waals surface area contributed by atoms with Crippen molar-refractivity contribution >= 4 is 17.9 Å². The van der Waals surface area contributed by atoms with Gasteiger partial charge < -0.3 is 14.2 Å². The van der Waals surface area contributed by atoms with Gasteiger partial charge in [-0.1, -0.05) is 359 Å². The van der Waals surface area contributed by atoms with Gasteiger partial charge in [0.05, 0.1) is 0 Å². The predicted molar refractivity (Wildman–Crippen MR) is 362 cm³/mol. The van der Waals surface area contributed by atoms with Crippen LogP contribution in [0.2, 0.25) is 0 Å². The lowest BCUT2D eigenvalue weighted by molar-refractivity contribution is -0.167. The SMILES string of the molecule is CCCCCCC/C=C\C/C=C\CCCCCCCCCCCCCC(=O)OC(COC(=O)CCCCCCCCC/C=C\CCCCCCCC)COC(=O)CCCCCCCCCCCCCCCCCCCCCCCCCCC. The maximum atomic E-state index is 13.0. The van der Waals surface area contributed by atoms with Crippen LogP contribution in [-0.4, -0.2) is 37.2 Å². The Balaban J connectivity index is 4.28. The van der Waals surface area contributed by atoms with Gasteiger partial charge in [-0.05, 0) is 77.0 Å². The van der Waals surface area contributed by atoms with E-state index >= 15 is 0 Å². The molecule has 0 aliphatic heterocycles. The standard InChI is InChI=1S/C77H144O6/c1-4-7-10-13-16-19-22-25-28-31-33-35-37-38-40-41-43-46-49-52-55-58-61-64-67-70-76(79)82-73-74(72-81-75(78)69-66-63-60-57-54-51-48-45-30-27-24-21-18-15-12-9-6-3)83-77(80)71-68-65-62-59-56-53-50-47-44-42-39-36-34-32-29-26-23-20-17-14-11-8-5-2/h23,26-27,30,32,34,74H,4-22,24-25,28-29,31,33,35-73H2,1-3H3/b26-23-,30-27-,34-32-. The average Bonchev–Trinajstić information content (AvgIpc) is 3.49. The Kier molecular flexibility index (Phi) is 70.0. The zero-order valence-electron chi connectivity index (χ0n) is 56.2. The first kappa shape index (κ1) is 80.6. The zero-order valence-corrected chi connectivity index (χ0v) is 56.2. The fourth-order valence-corrected chi connectivity index (χ4v) is 11.5. The van der Waals surface area contributed by atoms with E-state index in [0.29, 0.717) is 19.3 Å². The molecule has 488 valence electrons. The molecule has 0 saturated carbocycles. The number of carbonyl (C=O) groups is 3. The normalized spacial score (nSPS) is 12.2. The molecule has 0 N–H and O–H groups in total.